The lowest BCUT2D eigenvalue weighted by Gasteiger charge is -2.15. The highest BCUT2D eigenvalue weighted by Crippen LogP contribution is 2.24. The van der Waals surface area contributed by atoms with Gasteiger partial charge in [-0.2, -0.15) is 4.31 Å². The Morgan fingerprint density at radius 1 is 1.00 bits per heavy atom. The van der Waals surface area contributed by atoms with Gasteiger partial charge in [0.25, 0.3) is 0 Å². The number of sulfonamides is 1. The first-order valence-corrected chi connectivity index (χ1v) is 9.76. The molecule has 0 aliphatic rings. The second-order valence-corrected chi connectivity index (χ2v) is 8.58. The summed E-state index contributed by atoms with van der Waals surface area (Å²) in [5, 5.41) is 0. The van der Waals surface area contributed by atoms with Crippen molar-refractivity contribution >= 4 is 10.0 Å². The van der Waals surface area contributed by atoms with Gasteiger partial charge in [0.15, 0.2) is 0 Å². The van der Waals surface area contributed by atoms with Gasteiger partial charge in [0, 0.05) is 12.6 Å². The van der Waals surface area contributed by atoms with Crippen molar-refractivity contribution < 1.29 is 12.8 Å². The second-order valence-electron chi connectivity index (χ2n) is 6.54. The number of aryl methyl sites for hydroxylation is 3. The van der Waals surface area contributed by atoms with Crippen molar-refractivity contribution in [2.45, 2.75) is 32.2 Å². The van der Waals surface area contributed by atoms with E-state index in [-0.39, 0.29) is 11.4 Å². The minimum atomic E-state index is -3.57. The van der Waals surface area contributed by atoms with Crippen LogP contribution >= 0.6 is 0 Å². The van der Waals surface area contributed by atoms with Crippen LogP contribution in [-0.2, 0) is 16.6 Å². The lowest BCUT2D eigenvalue weighted by atomic mass is 10.1. The minimum Gasteiger partial charge on any atom is -0.444 e. The van der Waals surface area contributed by atoms with Crippen molar-refractivity contribution in [1.82, 2.24) is 9.29 Å². The van der Waals surface area contributed by atoms with Crippen LogP contribution in [0.1, 0.15) is 22.4 Å². The molecule has 0 bridgehead atoms. The summed E-state index contributed by atoms with van der Waals surface area (Å²) in [6.45, 7) is 6.09. The Morgan fingerprint density at radius 2 is 1.65 bits per heavy atom. The van der Waals surface area contributed by atoms with Gasteiger partial charge in [0.1, 0.15) is 6.26 Å². The zero-order valence-electron chi connectivity index (χ0n) is 15.4. The molecule has 0 saturated carbocycles. The molecule has 3 rings (SSSR count). The number of aromatic nitrogens is 1. The third kappa shape index (κ3) is 3.71. The molecule has 1 aromatic heterocycles. The summed E-state index contributed by atoms with van der Waals surface area (Å²) in [6.07, 6.45) is 1.51. The highest BCUT2D eigenvalue weighted by Gasteiger charge is 2.22. The lowest BCUT2D eigenvalue weighted by molar-refractivity contribution is 0.461. The van der Waals surface area contributed by atoms with Crippen molar-refractivity contribution in [2.75, 3.05) is 7.05 Å². The normalized spacial score (nSPS) is 11.9. The Balaban J connectivity index is 1.81. The fourth-order valence-corrected chi connectivity index (χ4v) is 3.90. The molecule has 136 valence electrons. The minimum absolute atomic E-state index is 0.143. The van der Waals surface area contributed by atoms with E-state index < -0.39 is 10.0 Å². The van der Waals surface area contributed by atoms with E-state index in [1.165, 1.54) is 16.1 Å². The van der Waals surface area contributed by atoms with Gasteiger partial charge in [-0.05, 0) is 44.5 Å². The van der Waals surface area contributed by atoms with Crippen LogP contribution in [0.2, 0.25) is 0 Å². The smallest absolute Gasteiger partial charge is 0.243 e. The highest BCUT2D eigenvalue weighted by atomic mass is 32.2. The third-order valence-corrected chi connectivity index (χ3v) is 6.10. The zero-order chi connectivity index (χ0) is 18.9. The Morgan fingerprint density at radius 3 is 2.31 bits per heavy atom. The van der Waals surface area contributed by atoms with Gasteiger partial charge in [0.2, 0.25) is 15.9 Å². The summed E-state index contributed by atoms with van der Waals surface area (Å²) in [6, 6.07) is 12.8. The maximum absolute atomic E-state index is 12.7. The number of oxazole rings is 1. The molecule has 0 atom stereocenters. The SMILES string of the molecule is Cc1ccc(S(=O)(=O)N(C)Cc2coc(-c3ccc(C)cc3C)n2)cc1. The molecule has 0 N–H and O–H groups in total. The number of hydrogen-bond donors (Lipinski definition) is 0. The monoisotopic (exact) mass is 370 g/mol. The van der Waals surface area contributed by atoms with Gasteiger partial charge in [0.05, 0.1) is 17.1 Å². The number of rotatable bonds is 5. The molecular formula is C20H22N2O3S. The fraction of sp³-hybridized carbons (Fsp3) is 0.250. The highest BCUT2D eigenvalue weighted by molar-refractivity contribution is 7.89. The van der Waals surface area contributed by atoms with Crippen molar-refractivity contribution in [3.8, 4) is 11.5 Å². The van der Waals surface area contributed by atoms with Crippen molar-refractivity contribution in [1.29, 1.82) is 0 Å². The number of benzene rings is 2. The van der Waals surface area contributed by atoms with Gasteiger partial charge < -0.3 is 4.42 Å². The van der Waals surface area contributed by atoms with Gasteiger partial charge in [-0.1, -0.05) is 35.4 Å². The van der Waals surface area contributed by atoms with Crippen LogP contribution in [0.15, 0.2) is 58.0 Å². The molecule has 3 aromatic rings. The predicted molar refractivity (Wildman–Crippen MR) is 101 cm³/mol. The lowest BCUT2D eigenvalue weighted by Crippen LogP contribution is -2.26. The molecule has 0 fully saturated rings. The van der Waals surface area contributed by atoms with Crippen LogP contribution in [0.5, 0.6) is 0 Å². The van der Waals surface area contributed by atoms with Crippen molar-refractivity contribution in [3.63, 3.8) is 0 Å². The molecule has 26 heavy (non-hydrogen) atoms. The molecule has 0 aliphatic heterocycles. The van der Waals surface area contributed by atoms with Crippen LogP contribution in [0.25, 0.3) is 11.5 Å². The standard InChI is InChI=1S/C20H22N2O3S/c1-14-5-8-18(9-6-14)26(23,24)22(4)12-17-13-25-20(21-17)19-10-7-15(2)11-16(19)3/h5-11,13H,12H2,1-4H3. The third-order valence-electron chi connectivity index (χ3n) is 4.28. The van der Waals surface area contributed by atoms with E-state index in [1.54, 1.807) is 31.3 Å². The first-order valence-electron chi connectivity index (χ1n) is 8.32. The molecule has 0 spiro atoms. The Labute approximate surface area is 154 Å². The van der Waals surface area contributed by atoms with Gasteiger partial charge in [-0.15, -0.1) is 0 Å². The van der Waals surface area contributed by atoms with E-state index in [0.29, 0.717) is 11.6 Å². The van der Waals surface area contributed by atoms with E-state index in [2.05, 4.69) is 11.1 Å². The van der Waals surface area contributed by atoms with Crippen LogP contribution in [-0.4, -0.2) is 24.8 Å². The molecule has 0 unspecified atom stereocenters. The number of nitrogens with zero attached hydrogens (tertiary/aromatic N) is 2. The van der Waals surface area contributed by atoms with E-state index in [9.17, 15) is 8.42 Å². The molecule has 0 saturated heterocycles. The first kappa shape index (κ1) is 18.4. The zero-order valence-corrected chi connectivity index (χ0v) is 16.2. The maximum atomic E-state index is 12.7. The summed E-state index contributed by atoms with van der Waals surface area (Å²) in [5.74, 6) is 0.499. The molecule has 5 nitrogen and oxygen atoms in total. The molecule has 2 aromatic carbocycles. The average molecular weight is 370 g/mol. The van der Waals surface area contributed by atoms with Crippen LogP contribution in [0, 0.1) is 20.8 Å². The van der Waals surface area contributed by atoms with E-state index in [1.807, 2.05) is 32.9 Å². The quantitative estimate of drug-likeness (QED) is 0.679. The molecule has 0 radical (unpaired) electrons. The van der Waals surface area contributed by atoms with Gasteiger partial charge in [-0.25, -0.2) is 13.4 Å². The summed E-state index contributed by atoms with van der Waals surface area (Å²) in [7, 11) is -2.03. The summed E-state index contributed by atoms with van der Waals surface area (Å²) in [4.78, 5) is 4.73. The first-order chi connectivity index (χ1) is 12.3. The molecule has 6 heteroatoms. The van der Waals surface area contributed by atoms with Crippen LogP contribution < -0.4 is 0 Å². The van der Waals surface area contributed by atoms with Crippen LogP contribution in [0.4, 0.5) is 0 Å². The van der Waals surface area contributed by atoms with Gasteiger partial charge >= 0.3 is 0 Å². The Hall–Kier alpha value is -2.44. The Kier molecular flexibility index (Phi) is 4.98. The molecule has 0 aliphatic carbocycles. The van der Waals surface area contributed by atoms with E-state index in [0.717, 1.165) is 16.7 Å². The molecule has 0 amide bonds. The molecule has 1 heterocycles. The van der Waals surface area contributed by atoms with Crippen LogP contribution in [0.3, 0.4) is 0 Å². The second kappa shape index (κ2) is 7.05. The summed E-state index contributed by atoms with van der Waals surface area (Å²) < 4.78 is 32.2. The average Bonchev–Trinajstić information content (AvgIpc) is 3.03. The van der Waals surface area contributed by atoms with E-state index in [4.69, 9.17) is 4.42 Å². The predicted octanol–water partition coefficient (Wildman–Crippen LogP) is 4.09. The van der Waals surface area contributed by atoms with Crippen molar-refractivity contribution in [2.24, 2.45) is 0 Å². The molecular weight excluding hydrogens is 348 g/mol. The topological polar surface area (TPSA) is 63.4 Å². The van der Waals surface area contributed by atoms with E-state index >= 15 is 0 Å². The van der Waals surface area contributed by atoms with Crippen molar-refractivity contribution in [3.05, 3.63) is 71.1 Å². The summed E-state index contributed by atoms with van der Waals surface area (Å²) >= 11 is 0. The fourth-order valence-electron chi connectivity index (χ4n) is 2.76. The number of hydrogen-bond acceptors (Lipinski definition) is 4. The largest absolute Gasteiger partial charge is 0.444 e. The Bertz CT molecular complexity index is 1020. The van der Waals surface area contributed by atoms with Gasteiger partial charge in [-0.3, -0.25) is 0 Å². The maximum Gasteiger partial charge on any atom is 0.243 e. The summed E-state index contributed by atoms with van der Waals surface area (Å²) in [5.41, 5.74) is 4.73.